The summed E-state index contributed by atoms with van der Waals surface area (Å²) in [6.45, 7) is 3.67. The molecular formula is C19H22N2O6S. The number of rotatable bonds is 9. The number of hydrogen-bond acceptors (Lipinski definition) is 5. The Morgan fingerprint density at radius 2 is 1.68 bits per heavy atom. The van der Waals surface area contributed by atoms with Gasteiger partial charge in [-0.3, -0.25) is 9.59 Å². The van der Waals surface area contributed by atoms with Crippen molar-refractivity contribution in [3.8, 4) is 5.75 Å². The lowest BCUT2D eigenvalue weighted by Crippen LogP contribution is -2.30. The van der Waals surface area contributed by atoms with E-state index in [-0.39, 0.29) is 10.8 Å². The van der Waals surface area contributed by atoms with Crippen LogP contribution in [0, 0.1) is 0 Å². The second kappa shape index (κ2) is 9.34. The number of benzene rings is 2. The average Bonchev–Trinajstić information content (AvgIpc) is 2.61. The molecule has 0 spiro atoms. The third-order valence-electron chi connectivity index (χ3n) is 3.75. The third-order valence-corrected chi connectivity index (χ3v) is 5.24. The lowest BCUT2D eigenvalue weighted by atomic mass is 10.0. The fourth-order valence-corrected chi connectivity index (χ4v) is 3.77. The van der Waals surface area contributed by atoms with Gasteiger partial charge in [0.25, 0.3) is 0 Å². The van der Waals surface area contributed by atoms with Crippen molar-refractivity contribution in [2.45, 2.75) is 31.2 Å². The number of carbonyl (C=O) groups excluding carboxylic acids is 1. The van der Waals surface area contributed by atoms with Gasteiger partial charge in [-0.2, -0.15) is 0 Å². The molecule has 0 aliphatic rings. The first-order chi connectivity index (χ1) is 13.2. The highest BCUT2D eigenvalue weighted by atomic mass is 32.2. The van der Waals surface area contributed by atoms with Crippen molar-refractivity contribution in [1.82, 2.24) is 4.72 Å². The van der Waals surface area contributed by atoms with Crippen LogP contribution >= 0.6 is 0 Å². The Morgan fingerprint density at radius 3 is 2.18 bits per heavy atom. The van der Waals surface area contributed by atoms with Gasteiger partial charge in [-0.15, -0.1) is 0 Å². The smallest absolute Gasteiger partial charge is 0.305 e. The highest BCUT2D eigenvalue weighted by molar-refractivity contribution is 7.89. The molecule has 0 aliphatic carbocycles. The van der Waals surface area contributed by atoms with E-state index in [4.69, 9.17) is 4.74 Å². The van der Waals surface area contributed by atoms with E-state index in [0.29, 0.717) is 23.6 Å². The molecule has 0 bridgehead atoms. The highest BCUT2D eigenvalue weighted by Crippen LogP contribution is 2.23. The van der Waals surface area contributed by atoms with Crippen molar-refractivity contribution < 1.29 is 27.9 Å². The van der Waals surface area contributed by atoms with E-state index in [0.717, 1.165) is 0 Å². The van der Waals surface area contributed by atoms with Crippen LogP contribution < -0.4 is 14.8 Å². The number of carboxylic acids is 1. The van der Waals surface area contributed by atoms with Gasteiger partial charge < -0.3 is 15.2 Å². The minimum absolute atomic E-state index is 0.0390. The van der Waals surface area contributed by atoms with Gasteiger partial charge in [-0.25, -0.2) is 13.1 Å². The number of anilines is 1. The second-order valence-corrected chi connectivity index (χ2v) is 7.69. The maximum Gasteiger partial charge on any atom is 0.305 e. The topological polar surface area (TPSA) is 122 Å². The Bertz CT molecular complexity index is 924. The number of amides is 1. The average molecular weight is 406 g/mol. The molecule has 0 fully saturated rings. The fourth-order valence-electron chi connectivity index (χ4n) is 2.54. The van der Waals surface area contributed by atoms with Crippen LogP contribution in [0.15, 0.2) is 53.4 Å². The van der Waals surface area contributed by atoms with E-state index in [1.165, 1.54) is 31.2 Å². The molecule has 1 amide bonds. The standard InChI is InChI=1S/C19H22N2O6S/c1-3-27-16-8-4-14(5-9-16)18(12-19(23)24)21-28(25,26)17-10-6-15(7-11-17)20-13(2)22/h4-11,18,21H,3,12H2,1-2H3,(H,20,22)(H,23,24)/t18-/m0/s1. The molecule has 0 saturated heterocycles. The predicted molar refractivity (Wildman–Crippen MR) is 104 cm³/mol. The predicted octanol–water partition coefficient (Wildman–Crippen LogP) is 2.54. The number of sulfonamides is 1. The van der Waals surface area contributed by atoms with Crippen LogP contribution in [-0.4, -0.2) is 32.0 Å². The molecule has 8 nitrogen and oxygen atoms in total. The molecule has 0 unspecified atom stereocenters. The van der Waals surface area contributed by atoms with Crippen LogP contribution in [-0.2, 0) is 19.6 Å². The zero-order valence-electron chi connectivity index (χ0n) is 15.5. The van der Waals surface area contributed by atoms with Crippen LogP contribution in [0.2, 0.25) is 0 Å². The quantitative estimate of drug-likeness (QED) is 0.588. The van der Waals surface area contributed by atoms with E-state index in [1.807, 2.05) is 6.92 Å². The van der Waals surface area contributed by atoms with Crippen LogP contribution in [0.3, 0.4) is 0 Å². The SMILES string of the molecule is CCOc1ccc([C@H](CC(=O)O)NS(=O)(=O)c2ccc(NC(C)=O)cc2)cc1. The van der Waals surface area contributed by atoms with Crippen LogP contribution in [0.25, 0.3) is 0 Å². The lowest BCUT2D eigenvalue weighted by Gasteiger charge is -2.18. The first kappa shape index (κ1) is 21.4. The first-order valence-corrected chi connectivity index (χ1v) is 10.0. The molecule has 0 aromatic heterocycles. The van der Waals surface area contributed by atoms with Gasteiger partial charge in [0, 0.05) is 12.6 Å². The fraction of sp³-hybridized carbons (Fsp3) is 0.263. The number of nitrogens with one attached hydrogen (secondary N) is 2. The first-order valence-electron chi connectivity index (χ1n) is 8.56. The molecule has 0 saturated carbocycles. The molecule has 2 aromatic rings. The van der Waals surface area contributed by atoms with Crippen molar-refractivity contribution in [3.05, 3.63) is 54.1 Å². The lowest BCUT2D eigenvalue weighted by molar-refractivity contribution is -0.137. The third kappa shape index (κ3) is 6.07. The van der Waals surface area contributed by atoms with Gasteiger partial charge in [0.2, 0.25) is 15.9 Å². The van der Waals surface area contributed by atoms with E-state index >= 15 is 0 Å². The van der Waals surface area contributed by atoms with E-state index in [2.05, 4.69) is 10.0 Å². The van der Waals surface area contributed by atoms with Gasteiger partial charge in [0.05, 0.1) is 24.0 Å². The van der Waals surface area contributed by atoms with Crippen molar-refractivity contribution in [2.75, 3.05) is 11.9 Å². The molecule has 150 valence electrons. The van der Waals surface area contributed by atoms with Crippen LogP contribution in [0.4, 0.5) is 5.69 Å². The summed E-state index contributed by atoms with van der Waals surface area (Å²) < 4.78 is 33.1. The Hall–Kier alpha value is -2.91. The monoisotopic (exact) mass is 406 g/mol. The summed E-state index contributed by atoms with van der Waals surface area (Å²) in [6, 6.07) is 11.2. The molecule has 1 atom stereocenters. The van der Waals surface area contributed by atoms with Crippen LogP contribution in [0.5, 0.6) is 5.75 Å². The number of carbonyl (C=O) groups is 2. The van der Waals surface area contributed by atoms with Gasteiger partial charge in [-0.05, 0) is 48.9 Å². The van der Waals surface area contributed by atoms with E-state index in [9.17, 15) is 23.1 Å². The summed E-state index contributed by atoms with van der Waals surface area (Å²) in [7, 11) is -3.98. The normalized spacial score (nSPS) is 12.2. The molecule has 0 radical (unpaired) electrons. The molecular weight excluding hydrogens is 384 g/mol. The van der Waals surface area contributed by atoms with Crippen molar-refractivity contribution >= 4 is 27.6 Å². The minimum atomic E-state index is -3.98. The number of aliphatic carboxylic acids is 1. The Balaban J connectivity index is 2.24. The zero-order chi connectivity index (χ0) is 20.7. The van der Waals surface area contributed by atoms with E-state index in [1.54, 1.807) is 24.3 Å². The summed E-state index contributed by atoms with van der Waals surface area (Å²) in [5.74, 6) is -0.801. The Kier molecular flexibility index (Phi) is 7.13. The van der Waals surface area contributed by atoms with Crippen LogP contribution in [0.1, 0.15) is 31.9 Å². The second-order valence-electron chi connectivity index (χ2n) is 5.98. The zero-order valence-corrected chi connectivity index (χ0v) is 16.3. The molecule has 0 heterocycles. The summed E-state index contributed by atoms with van der Waals surface area (Å²) in [6.07, 6.45) is -0.419. The summed E-state index contributed by atoms with van der Waals surface area (Å²) >= 11 is 0. The maximum atomic E-state index is 12.7. The largest absolute Gasteiger partial charge is 0.494 e. The number of hydrogen-bond donors (Lipinski definition) is 3. The van der Waals surface area contributed by atoms with Crippen molar-refractivity contribution in [2.24, 2.45) is 0 Å². The molecule has 2 aromatic carbocycles. The molecule has 2 rings (SSSR count). The van der Waals surface area contributed by atoms with Crippen molar-refractivity contribution in [3.63, 3.8) is 0 Å². The van der Waals surface area contributed by atoms with Gasteiger partial charge in [0.1, 0.15) is 5.75 Å². The summed E-state index contributed by atoms with van der Waals surface area (Å²) in [5, 5.41) is 11.7. The van der Waals surface area contributed by atoms with Gasteiger partial charge in [-0.1, -0.05) is 12.1 Å². The van der Waals surface area contributed by atoms with Gasteiger partial charge >= 0.3 is 5.97 Å². The van der Waals surface area contributed by atoms with Gasteiger partial charge in [0.15, 0.2) is 0 Å². The minimum Gasteiger partial charge on any atom is -0.494 e. The molecule has 28 heavy (non-hydrogen) atoms. The molecule has 3 N–H and O–H groups in total. The Labute approximate surface area is 163 Å². The highest BCUT2D eigenvalue weighted by Gasteiger charge is 2.23. The summed E-state index contributed by atoms with van der Waals surface area (Å²) in [5.41, 5.74) is 0.962. The number of carboxylic acid groups (broad SMARTS) is 1. The summed E-state index contributed by atoms with van der Waals surface area (Å²) in [4.78, 5) is 22.2. The molecule has 0 aliphatic heterocycles. The maximum absolute atomic E-state index is 12.7. The Morgan fingerprint density at radius 1 is 1.07 bits per heavy atom. The van der Waals surface area contributed by atoms with Crippen molar-refractivity contribution in [1.29, 1.82) is 0 Å². The van der Waals surface area contributed by atoms with E-state index < -0.39 is 28.5 Å². The number of ether oxygens (including phenoxy) is 1. The molecule has 9 heteroatoms.